The molecule has 0 saturated carbocycles. The van der Waals surface area contributed by atoms with Crippen molar-refractivity contribution in [1.29, 1.82) is 0 Å². The van der Waals surface area contributed by atoms with Gasteiger partial charge in [0.25, 0.3) is 0 Å². The van der Waals surface area contributed by atoms with Gasteiger partial charge in [0.2, 0.25) is 9.05 Å². The molecule has 18 heavy (non-hydrogen) atoms. The molecule has 0 fully saturated rings. The van der Waals surface area contributed by atoms with Gasteiger partial charge in [0, 0.05) is 23.7 Å². The minimum absolute atomic E-state index is 0.0288. The maximum atomic E-state index is 11.8. The van der Waals surface area contributed by atoms with Crippen molar-refractivity contribution in [2.45, 2.75) is 32.9 Å². The molecule has 0 aliphatic heterocycles. The molecular weight excluding hydrogens is 293 g/mol. The van der Waals surface area contributed by atoms with Crippen LogP contribution in [0.15, 0.2) is 0 Å². The van der Waals surface area contributed by atoms with Crippen LogP contribution in [0.1, 0.15) is 26.7 Å². The van der Waals surface area contributed by atoms with E-state index in [2.05, 4.69) is 0 Å². The monoisotopic (exact) mass is 310 g/mol. The first-order valence-corrected chi connectivity index (χ1v) is 8.06. The molecular formula is C10H18ClF3O3S. The summed E-state index contributed by atoms with van der Waals surface area (Å²) in [6.07, 6.45) is -5.20. The zero-order valence-electron chi connectivity index (χ0n) is 10.3. The van der Waals surface area contributed by atoms with Crippen LogP contribution >= 0.6 is 10.7 Å². The molecule has 8 heteroatoms. The molecule has 0 amide bonds. The lowest BCUT2D eigenvalue weighted by Gasteiger charge is -2.19. The summed E-state index contributed by atoms with van der Waals surface area (Å²) in [7, 11) is 1.52. The number of hydrogen-bond acceptors (Lipinski definition) is 3. The van der Waals surface area contributed by atoms with Crippen molar-refractivity contribution in [2.24, 2.45) is 11.8 Å². The van der Waals surface area contributed by atoms with Gasteiger partial charge >= 0.3 is 6.18 Å². The van der Waals surface area contributed by atoms with E-state index in [0.717, 1.165) is 0 Å². The third-order valence-electron chi connectivity index (χ3n) is 2.44. The molecule has 1 unspecified atom stereocenters. The van der Waals surface area contributed by atoms with Gasteiger partial charge < -0.3 is 4.74 Å². The van der Waals surface area contributed by atoms with Crippen LogP contribution in [-0.4, -0.2) is 33.6 Å². The highest BCUT2D eigenvalue weighted by Crippen LogP contribution is 2.21. The van der Waals surface area contributed by atoms with E-state index in [1.165, 1.54) is 0 Å². The van der Waals surface area contributed by atoms with Gasteiger partial charge in [0.15, 0.2) is 0 Å². The fourth-order valence-electron chi connectivity index (χ4n) is 1.30. The van der Waals surface area contributed by atoms with Crippen molar-refractivity contribution < 1.29 is 26.3 Å². The van der Waals surface area contributed by atoms with Crippen LogP contribution in [0.3, 0.4) is 0 Å². The van der Waals surface area contributed by atoms with Crippen molar-refractivity contribution in [1.82, 2.24) is 0 Å². The Morgan fingerprint density at radius 3 is 2.22 bits per heavy atom. The van der Waals surface area contributed by atoms with Crippen molar-refractivity contribution in [2.75, 3.05) is 19.0 Å². The van der Waals surface area contributed by atoms with E-state index in [1.807, 2.05) is 13.8 Å². The molecule has 0 aromatic carbocycles. The van der Waals surface area contributed by atoms with Crippen molar-refractivity contribution in [3.63, 3.8) is 0 Å². The van der Waals surface area contributed by atoms with Crippen molar-refractivity contribution in [3.8, 4) is 0 Å². The molecule has 0 rings (SSSR count). The molecule has 0 bridgehead atoms. The predicted octanol–water partition coefficient (Wildman–Crippen LogP) is 3.19. The fourth-order valence-corrected chi connectivity index (χ4v) is 2.78. The van der Waals surface area contributed by atoms with Gasteiger partial charge in [-0.15, -0.1) is 0 Å². The molecule has 0 radical (unpaired) electrons. The SMILES string of the molecule is CC(C)C(COCCCC(F)(F)F)CS(=O)(=O)Cl. The van der Waals surface area contributed by atoms with E-state index < -0.39 is 21.6 Å². The summed E-state index contributed by atoms with van der Waals surface area (Å²) in [5.74, 6) is -0.509. The molecule has 0 aliphatic carbocycles. The lowest BCUT2D eigenvalue weighted by molar-refractivity contribution is -0.138. The second-order valence-corrected chi connectivity index (χ2v) is 7.32. The molecule has 0 aromatic rings. The van der Waals surface area contributed by atoms with Gasteiger partial charge in [-0.3, -0.25) is 0 Å². The molecule has 1 atom stereocenters. The van der Waals surface area contributed by atoms with Gasteiger partial charge in [-0.2, -0.15) is 13.2 Å². The largest absolute Gasteiger partial charge is 0.389 e. The minimum Gasteiger partial charge on any atom is -0.381 e. The zero-order valence-corrected chi connectivity index (χ0v) is 11.9. The maximum Gasteiger partial charge on any atom is 0.389 e. The lowest BCUT2D eigenvalue weighted by atomic mass is 9.99. The van der Waals surface area contributed by atoms with Gasteiger partial charge in [-0.1, -0.05) is 13.8 Å². The van der Waals surface area contributed by atoms with Gasteiger partial charge in [0.1, 0.15) is 0 Å². The van der Waals surface area contributed by atoms with Gasteiger partial charge in [0.05, 0.1) is 12.4 Å². The lowest BCUT2D eigenvalue weighted by Crippen LogP contribution is -2.23. The second-order valence-electron chi connectivity index (χ2n) is 4.50. The Morgan fingerprint density at radius 1 is 1.28 bits per heavy atom. The molecule has 3 nitrogen and oxygen atoms in total. The van der Waals surface area contributed by atoms with E-state index in [4.69, 9.17) is 15.4 Å². The van der Waals surface area contributed by atoms with Crippen LogP contribution in [0.25, 0.3) is 0 Å². The van der Waals surface area contributed by atoms with E-state index in [9.17, 15) is 21.6 Å². The Morgan fingerprint density at radius 2 is 1.83 bits per heavy atom. The second kappa shape index (κ2) is 7.55. The Labute approximate surface area is 110 Å². The first-order valence-electron chi connectivity index (χ1n) is 5.58. The van der Waals surface area contributed by atoms with Crippen LogP contribution < -0.4 is 0 Å². The highest BCUT2D eigenvalue weighted by molar-refractivity contribution is 8.13. The van der Waals surface area contributed by atoms with Crippen LogP contribution in [0.5, 0.6) is 0 Å². The summed E-state index contributed by atoms with van der Waals surface area (Å²) >= 11 is 0. The normalized spacial score (nSPS) is 15.1. The van der Waals surface area contributed by atoms with Crippen LogP contribution in [-0.2, 0) is 13.8 Å². The quantitative estimate of drug-likeness (QED) is 0.511. The smallest absolute Gasteiger partial charge is 0.381 e. The Hall–Kier alpha value is -0.0100. The Kier molecular flexibility index (Phi) is 7.54. The van der Waals surface area contributed by atoms with E-state index in [1.54, 1.807) is 0 Å². The number of ether oxygens (including phenoxy) is 1. The molecule has 0 N–H and O–H groups in total. The summed E-state index contributed by atoms with van der Waals surface area (Å²) in [4.78, 5) is 0. The topological polar surface area (TPSA) is 43.4 Å². The van der Waals surface area contributed by atoms with E-state index in [-0.39, 0.29) is 37.2 Å². The molecule has 0 spiro atoms. The third-order valence-corrected chi connectivity index (χ3v) is 3.64. The van der Waals surface area contributed by atoms with Gasteiger partial charge in [-0.25, -0.2) is 8.42 Å². The highest BCUT2D eigenvalue weighted by atomic mass is 35.7. The van der Waals surface area contributed by atoms with E-state index >= 15 is 0 Å². The number of alkyl halides is 3. The van der Waals surface area contributed by atoms with Crippen molar-refractivity contribution >= 4 is 19.7 Å². The average molecular weight is 311 g/mol. The van der Waals surface area contributed by atoms with Crippen LogP contribution in [0, 0.1) is 11.8 Å². The summed E-state index contributed by atoms with van der Waals surface area (Å²) in [6.45, 7) is 3.68. The maximum absolute atomic E-state index is 11.8. The summed E-state index contributed by atoms with van der Waals surface area (Å²) in [6, 6.07) is 0. The predicted molar refractivity (Wildman–Crippen MR) is 64.1 cm³/mol. The standard InChI is InChI=1S/C10H18ClF3O3S/c1-8(2)9(7-18(11,15)16)6-17-5-3-4-10(12,13)14/h8-9H,3-7H2,1-2H3. The summed E-state index contributed by atoms with van der Waals surface area (Å²) in [5, 5.41) is 0. The first-order chi connectivity index (χ1) is 8.01. The number of halogens is 4. The van der Waals surface area contributed by atoms with E-state index in [0.29, 0.717) is 0 Å². The molecule has 0 aromatic heterocycles. The Balaban J connectivity index is 3.93. The average Bonchev–Trinajstić information content (AvgIpc) is 2.11. The number of hydrogen-bond donors (Lipinski definition) is 0. The Bertz CT molecular complexity index is 328. The molecule has 0 saturated heterocycles. The van der Waals surface area contributed by atoms with Crippen LogP contribution in [0.4, 0.5) is 13.2 Å². The minimum atomic E-state index is -4.18. The third kappa shape index (κ3) is 11.1. The van der Waals surface area contributed by atoms with Crippen molar-refractivity contribution in [3.05, 3.63) is 0 Å². The highest BCUT2D eigenvalue weighted by Gasteiger charge is 2.26. The first kappa shape index (κ1) is 18.0. The summed E-state index contributed by atoms with van der Waals surface area (Å²) in [5.41, 5.74) is 0. The summed E-state index contributed by atoms with van der Waals surface area (Å²) < 4.78 is 62.4. The molecule has 0 heterocycles. The molecule has 110 valence electrons. The number of rotatable bonds is 8. The van der Waals surface area contributed by atoms with Gasteiger partial charge in [-0.05, 0) is 18.3 Å². The molecule has 0 aliphatic rings. The fraction of sp³-hybridized carbons (Fsp3) is 1.00. The zero-order chi connectivity index (χ0) is 14.4. The van der Waals surface area contributed by atoms with Crippen LogP contribution in [0.2, 0.25) is 0 Å².